The summed E-state index contributed by atoms with van der Waals surface area (Å²) in [4.78, 5) is 29.3. The second-order valence-electron chi connectivity index (χ2n) is 3.61. The van der Waals surface area contributed by atoms with Crippen LogP contribution in [0, 0.1) is 0 Å². The smallest absolute Gasteiger partial charge is 0.329 e. The van der Waals surface area contributed by atoms with Crippen molar-refractivity contribution in [2.24, 2.45) is 7.05 Å². The summed E-state index contributed by atoms with van der Waals surface area (Å²) >= 11 is 0. The maximum Gasteiger partial charge on any atom is 0.329 e. The number of hydrogen-bond donors (Lipinski definition) is 2. The molecule has 2 aromatic heterocycles. The topological polar surface area (TPSA) is 98.7 Å². The maximum absolute atomic E-state index is 11.7. The highest BCUT2D eigenvalue weighted by atomic mass is 16.2. The summed E-state index contributed by atoms with van der Waals surface area (Å²) in [5, 5.41) is 0. The van der Waals surface area contributed by atoms with Gasteiger partial charge < -0.3 is 10.3 Å². The van der Waals surface area contributed by atoms with E-state index in [2.05, 4.69) is 9.97 Å². The van der Waals surface area contributed by atoms with Gasteiger partial charge in [0.25, 0.3) is 5.56 Å². The zero-order valence-electron chi connectivity index (χ0n) is 9.15. The van der Waals surface area contributed by atoms with E-state index in [1.54, 1.807) is 11.6 Å². The third-order valence-electron chi connectivity index (χ3n) is 2.48. The molecule has 0 amide bonds. The number of fused-ring (bicyclic) bond motifs is 1. The van der Waals surface area contributed by atoms with Crippen molar-refractivity contribution in [1.29, 1.82) is 0 Å². The molecule has 0 fully saturated rings. The average molecular weight is 223 g/mol. The normalized spacial score (nSPS) is 11.1. The van der Waals surface area contributed by atoms with E-state index < -0.39 is 11.2 Å². The fourth-order valence-electron chi connectivity index (χ4n) is 1.70. The van der Waals surface area contributed by atoms with Gasteiger partial charge in [-0.1, -0.05) is 6.92 Å². The fourth-order valence-corrected chi connectivity index (χ4v) is 1.70. The molecule has 0 saturated heterocycles. The second-order valence-corrected chi connectivity index (χ2v) is 3.61. The lowest BCUT2D eigenvalue weighted by molar-refractivity contribution is 0.702. The van der Waals surface area contributed by atoms with E-state index in [1.807, 2.05) is 6.92 Å². The summed E-state index contributed by atoms with van der Waals surface area (Å²) in [6.45, 7) is 2.57. The number of aryl methyl sites for hydroxylation is 2. The Bertz CT molecular complexity index is 648. The minimum atomic E-state index is -0.487. The number of rotatable bonds is 2. The number of nitrogens with one attached hydrogen (secondary N) is 1. The molecule has 0 aliphatic heterocycles. The van der Waals surface area contributed by atoms with Gasteiger partial charge in [-0.2, -0.15) is 4.98 Å². The van der Waals surface area contributed by atoms with E-state index in [9.17, 15) is 9.59 Å². The number of aromatic nitrogens is 4. The van der Waals surface area contributed by atoms with Crippen LogP contribution in [-0.4, -0.2) is 19.1 Å². The first kappa shape index (κ1) is 10.5. The van der Waals surface area contributed by atoms with Crippen molar-refractivity contribution in [2.75, 3.05) is 5.73 Å². The van der Waals surface area contributed by atoms with Crippen molar-refractivity contribution in [3.05, 3.63) is 20.8 Å². The van der Waals surface area contributed by atoms with Crippen LogP contribution in [0.1, 0.15) is 13.3 Å². The van der Waals surface area contributed by atoms with Crippen LogP contribution in [0.2, 0.25) is 0 Å². The molecule has 0 aromatic carbocycles. The van der Waals surface area contributed by atoms with Crippen LogP contribution < -0.4 is 17.0 Å². The highest BCUT2D eigenvalue weighted by molar-refractivity contribution is 5.73. The Kier molecular flexibility index (Phi) is 2.30. The first-order valence-electron chi connectivity index (χ1n) is 5.01. The van der Waals surface area contributed by atoms with E-state index in [-0.39, 0.29) is 5.95 Å². The number of aromatic amines is 1. The molecule has 86 valence electrons. The van der Waals surface area contributed by atoms with Crippen molar-refractivity contribution in [2.45, 2.75) is 19.9 Å². The van der Waals surface area contributed by atoms with E-state index in [0.29, 0.717) is 17.7 Å². The molecule has 2 rings (SSSR count). The number of hydrogen-bond acceptors (Lipinski definition) is 4. The van der Waals surface area contributed by atoms with Gasteiger partial charge in [0.15, 0.2) is 11.2 Å². The minimum absolute atomic E-state index is 0.253. The maximum atomic E-state index is 11.7. The summed E-state index contributed by atoms with van der Waals surface area (Å²) in [5.41, 5.74) is 5.44. The van der Waals surface area contributed by atoms with E-state index in [4.69, 9.17) is 5.73 Å². The van der Waals surface area contributed by atoms with Crippen LogP contribution in [0.3, 0.4) is 0 Å². The van der Waals surface area contributed by atoms with E-state index >= 15 is 0 Å². The molecule has 2 heterocycles. The number of imidazole rings is 1. The average Bonchev–Trinajstić information content (AvgIpc) is 2.54. The molecule has 0 aliphatic carbocycles. The molecule has 0 radical (unpaired) electrons. The van der Waals surface area contributed by atoms with Crippen molar-refractivity contribution in [3.63, 3.8) is 0 Å². The number of H-pyrrole nitrogens is 1. The highest BCUT2D eigenvalue weighted by Gasteiger charge is 2.14. The molecular weight excluding hydrogens is 210 g/mol. The van der Waals surface area contributed by atoms with E-state index in [0.717, 1.165) is 6.42 Å². The van der Waals surface area contributed by atoms with Crippen LogP contribution in [0.5, 0.6) is 0 Å². The number of anilines is 1. The zero-order valence-corrected chi connectivity index (χ0v) is 9.15. The molecular formula is C9H13N5O2. The third kappa shape index (κ3) is 1.32. The van der Waals surface area contributed by atoms with Gasteiger partial charge >= 0.3 is 5.69 Å². The van der Waals surface area contributed by atoms with Gasteiger partial charge in [-0.3, -0.25) is 14.3 Å². The van der Waals surface area contributed by atoms with Gasteiger partial charge in [-0.25, -0.2) is 4.79 Å². The molecule has 7 heteroatoms. The summed E-state index contributed by atoms with van der Waals surface area (Å²) < 4.78 is 2.90. The van der Waals surface area contributed by atoms with Crippen LogP contribution in [0.15, 0.2) is 9.59 Å². The monoisotopic (exact) mass is 223 g/mol. The van der Waals surface area contributed by atoms with Crippen LogP contribution in [0.25, 0.3) is 11.2 Å². The Hall–Kier alpha value is -2.05. The molecule has 0 atom stereocenters. The predicted octanol–water partition coefficient (Wildman–Crippen LogP) is -0.585. The van der Waals surface area contributed by atoms with Gasteiger partial charge in [0.2, 0.25) is 5.95 Å². The van der Waals surface area contributed by atoms with Gasteiger partial charge in [-0.15, -0.1) is 0 Å². The number of nitrogens with zero attached hydrogens (tertiary/aromatic N) is 3. The molecule has 0 saturated carbocycles. The highest BCUT2D eigenvalue weighted by Crippen LogP contribution is 2.12. The lowest BCUT2D eigenvalue weighted by Gasteiger charge is -2.02. The fraction of sp³-hybridized carbons (Fsp3) is 0.444. The predicted molar refractivity (Wildman–Crippen MR) is 60.3 cm³/mol. The molecule has 0 aliphatic rings. The Morgan fingerprint density at radius 1 is 1.44 bits per heavy atom. The van der Waals surface area contributed by atoms with Crippen molar-refractivity contribution in [3.8, 4) is 0 Å². The molecule has 7 nitrogen and oxygen atoms in total. The number of nitrogens with two attached hydrogens (primary N) is 1. The van der Waals surface area contributed by atoms with Gasteiger partial charge in [0.05, 0.1) is 0 Å². The quantitative estimate of drug-likeness (QED) is 0.711. The van der Waals surface area contributed by atoms with Crippen molar-refractivity contribution < 1.29 is 0 Å². The molecule has 16 heavy (non-hydrogen) atoms. The number of nitrogen functional groups attached to an aromatic ring is 1. The van der Waals surface area contributed by atoms with Gasteiger partial charge in [0.1, 0.15) is 0 Å². The molecule has 0 spiro atoms. The Labute approximate surface area is 90.5 Å². The van der Waals surface area contributed by atoms with Crippen LogP contribution in [-0.2, 0) is 13.6 Å². The largest absolute Gasteiger partial charge is 0.369 e. The third-order valence-corrected chi connectivity index (χ3v) is 2.48. The summed E-state index contributed by atoms with van der Waals surface area (Å²) in [5.74, 6) is 0.253. The molecule has 2 aromatic rings. The summed E-state index contributed by atoms with van der Waals surface area (Å²) in [6.07, 6.45) is 0.831. The Balaban J connectivity index is 2.95. The second kappa shape index (κ2) is 3.51. The van der Waals surface area contributed by atoms with Crippen LogP contribution >= 0.6 is 0 Å². The Morgan fingerprint density at radius 2 is 2.12 bits per heavy atom. The van der Waals surface area contributed by atoms with Crippen LogP contribution in [0.4, 0.5) is 5.95 Å². The zero-order chi connectivity index (χ0) is 11.9. The molecule has 3 N–H and O–H groups in total. The molecule has 0 unspecified atom stereocenters. The lowest BCUT2D eigenvalue weighted by Crippen LogP contribution is -2.29. The van der Waals surface area contributed by atoms with Crippen molar-refractivity contribution in [1.82, 2.24) is 19.1 Å². The molecule has 0 bridgehead atoms. The van der Waals surface area contributed by atoms with Crippen molar-refractivity contribution >= 4 is 17.1 Å². The first-order chi connectivity index (χ1) is 7.56. The van der Waals surface area contributed by atoms with E-state index in [1.165, 1.54) is 4.57 Å². The SMILES string of the molecule is CCCn1c(N)nc2c1c(=O)[nH]c(=O)n2C. The standard InChI is InChI=1S/C9H13N5O2/c1-3-4-14-5-6(11-8(14)10)13(2)9(16)12-7(5)15/h3-4H2,1-2H3,(H2,10,11)(H,12,15,16). The first-order valence-corrected chi connectivity index (χ1v) is 5.01. The Morgan fingerprint density at radius 3 is 2.75 bits per heavy atom. The summed E-state index contributed by atoms with van der Waals surface area (Å²) in [6, 6.07) is 0. The van der Waals surface area contributed by atoms with Gasteiger partial charge in [0, 0.05) is 13.6 Å². The minimum Gasteiger partial charge on any atom is -0.369 e. The van der Waals surface area contributed by atoms with Gasteiger partial charge in [-0.05, 0) is 6.42 Å². The lowest BCUT2D eigenvalue weighted by atomic mass is 10.4. The summed E-state index contributed by atoms with van der Waals surface area (Å²) in [7, 11) is 1.54.